The van der Waals surface area contributed by atoms with Gasteiger partial charge in [-0.15, -0.1) is 0 Å². The van der Waals surface area contributed by atoms with Gasteiger partial charge in [0.25, 0.3) is 0 Å². The van der Waals surface area contributed by atoms with Gasteiger partial charge in [0.1, 0.15) is 11.4 Å². The van der Waals surface area contributed by atoms with Crippen LogP contribution in [0.15, 0.2) is 66.9 Å². The summed E-state index contributed by atoms with van der Waals surface area (Å²) in [6.07, 6.45) is 1.66. The number of benzene rings is 2. The molecule has 3 aromatic rings. The van der Waals surface area contributed by atoms with E-state index in [4.69, 9.17) is 11.5 Å². The number of halogens is 2. The van der Waals surface area contributed by atoms with Crippen LogP contribution >= 0.6 is 0 Å². The second kappa shape index (κ2) is 11.7. The molecule has 0 saturated carbocycles. The fourth-order valence-corrected chi connectivity index (χ4v) is 4.39. The summed E-state index contributed by atoms with van der Waals surface area (Å²) in [5.41, 5.74) is 12.1. The fraction of sp³-hybridized carbons (Fsp3) is 0.296. The number of rotatable bonds is 11. The number of amides is 2. The van der Waals surface area contributed by atoms with Crippen LogP contribution in [-0.4, -0.2) is 40.8 Å². The van der Waals surface area contributed by atoms with Gasteiger partial charge in [-0.3, -0.25) is 14.5 Å². The van der Waals surface area contributed by atoms with Crippen molar-refractivity contribution in [1.29, 1.82) is 0 Å². The average Bonchev–Trinajstić information content (AvgIpc) is 2.87. The van der Waals surface area contributed by atoms with Crippen molar-refractivity contribution in [1.82, 2.24) is 15.2 Å². The molecule has 2 amide bonds. The predicted octanol–water partition coefficient (Wildman–Crippen LogP) is 2.84. The molecule has 0 aliphatic carbocycles. The minimum Gasteiger partial charge on any atom is -0.384 e. The van der Waals surface area contributed by atoms with E-state index >= 15 is 0 Å². The minimum absolute atomic E-state index is 0.0386. The number of carbonyl (C=O) groups is 2. The molecule has 2 atom stereocenters. The van der Waals surface area contributed by atoms with Crippen LogP contribution in [0.5, 0.6) is 0 Å². The maximum Gasteiger partial charge on any atom is 0.239 e. The smallest absolute Gasteiger partial charge is 0.239 e. The molecule has 1 aromatic heterocycles. The molecule has 5 N–H and O–H groups in total. The van der Waals surface area contributed by atoms with Crippen molar-refractivity contribution in [2.24, 2.45) is 11.7 Å². The van der Waals surface area contributed by atoms with Crippen molar-refractivity contribution in [2.75, 3.05) is 19.3 Å². The third-order valence-electron chi connectivity index (χ3n) is 6.53. The zero-order valence-electron chi connectivity index (χ0n) is 20.4. The minimum atomic E-state index is -1.45. The first-order chi connectivity index (χ1) is 17.2. The normalized spacial score (nSPS) is 13.7. The Labute approximate surface area is 209 Å². The summed E-state index contributed by atoms with van der Waals surface area (Å²) < 4.78 is 27.7. The number of pyridine rings is 1. The van der Waals surface area contributed by atoms with Crippen LogP contribution in [0.4, 0.5) is 14.6 Å². The van der Waals surface area contributed by atoms with E-state index in [1.165, 1.54) is 6.07 Å². The molecule has 0 fully saturated rings. The number of primary amides is 1. The molecular formula is C27H31F2N5O2. The van der Waals surface area contributed by atoms with Gasteiger partial charge in [-0.2, -0.15) is 0 Å². The van der Waals surface area contributed by atoms with Crippen LogP contribution in [0.1, 0.15) is 23.6 Å². The van der Waals surface area contributed by atoms with Crippen LogP contribution in [0.2, 0.25) is 0 Å². The topological polar surface area (TPSA) is 114 Å². The van der Waals surface area contributed by atoms with Gasteiger partial charge < -0.3 is 16.8 Å². The van der Waals surface area contributed by atoms with Crippen LogP contribution in [0.25, 0.3) is 0 Å². The Morgan fingerprint density at radius 2 is 1.72 bits per heavy atom. The van der Waals surface area contributed by atoms with Crippen LogP contribution in [0, 0.1) is 17.6 Å². The number of aromatic nitrogens is 1. The molecule has 7 nitrogen and oxygen atoms in total. The van der Waals surface area contributed by atoms with Crippen molar-refractivity contribution in [3.8, 4) is 0 Å². The first-order valence-corrected chi connectivity index (χ1v) is 11.6. The lowest BCUT2D eigenvalue weighted by molar-refractivity contribution is -0.142. The first kappa shape index (κ1) is 26.7. The third kappa shape index (κ3) is 6.04. The number of likely N-dealkylation sites (N-methyl/N-ethyl adjacent to an activating group) is 1. The molecule has 1 heterocycles. The van der Waals surface area contributed by atoms with E-state index in [0.717, 1.165) is 17.7 Å². The molecule has 0 aliphatic rings. The van der Waals surface area contributed by atoms with Crippen molar-refractivity contribution in [2.45, 2.75) is 31.8 Å². The number of nitrogens with two attached hydrogens (primary N) is 2. The molecular weight excluding hydrogens is 464 g/mol. The molecule has 36 heavy (non-hydrogen) atoms. The molecule has 0 aliphatic heterocycles. The van der Waals surface area contributed by atoms with E-state index in [2.05, 4.69) is 10.3 Å². The van der Waals surface area contributed by atoms with Crippen LogP contribution in [0.3, 0.4) is 0 Å². The highest BCUT2D eigenvalue weighted by Gasteiger charge is 2.50. The largest absolute Gasteiger partial charge is 0.384 e. The van der Waals surface area contributed by atoms with E-state index in [1.807, 2.05) is 37.3 Å². The van der Waals surface area contributed by atoms with Gasteiger partial charge in [0, 0.05) is 19.2 Å². The summed E-state index contributed by atoms with van der Waals surface area (Å²) in [5.74, 6) is -3.84. The molecule has 0 bridgehead atoms. The summed E-state index contributed by atoms with van der Waals surface area (Å²) in [6, 6.07) is 16.0. The summed E-state index contributed by atoms with van der Waals surface area (Å²) in [5, 5.41) is 2.87. The lowest BCUT2D eigenvalue weighted by Crippen LogP contribution is -2.65. The van der Waals surface area contributed by atoms with Crippen LogP contribution in [-0.2, 0) is 29.0 Å². The van der Waals surface area contributed by atoms with Gasteiger partial charge in [-0.25, -0.2) is 13.8 Å². The zero-order valence-corrected chi connectivity index (χ0v) is 20.4. The Hall–Kier alpha value is -3.85. The van der Waals surface area contributed by atoms with E-state index in [9.17, 15) is 18.4 Å². The molecule has 0 spiro atoms. The molecule has 190 valence electrons. The number of nitrogens with one attached hydrogen (secondary N) is 1. The molecule has 1 unspecified atom stereocenters. The molecule has 2 aromatic carbocycles. The van der Waals surface area contributed by atoms with Gasteiger partial charge in [0.2, 0.25) is 11.8 Å². The Morgan fingerprint density at radius 3 is 2.31 bits per heavy atom. The monoisotopic (exact) mass is 495 g/mol. The maximum absolute atomic E-state index is 14.1. The maximum atomic E-state index is 14.1. The predicted molar refractivity (Wildman–Crippen MR) is 134 cm³/mol. The lowest BCUT2D eigenvalue weighted by atomic mass is 9.73. The molecule has 3 rings (SSSR count). The molecule has 9 heteroatoms. The number of hydrogen-bond acceptors (Lipinski definition) is 5. The Bertz CT molecular complexity index is 1190. The fourth-order valence-electron chi connectivity index (χ4n) is 4.39. The Balaban J connectivity index is 2.06. The van der Waals surface area contributed by atoms with E-state index in [0.29, 0.717) is 23.5 Å². The van der Waals surface area contributed by atoms with Crippen molar-refractivity contribution in [3.63, 3.8) is 0 Å². The average molecular weight is 496 g/mol. The van der Waals surface area contributed by atoms with E-state index in [1.54, 1.807) is 30.3 Å². The first-order valence-electron chi connectivity index (χ1n) is 11.6. The van der Waals surface area contributed by atoms with Gasteiger partial charge in [0.15, 0.2) is 11.6 Å². The summed E-state index contributed by atoms with van der Waals surface area (Å²) in [7, 11) is 1.73. The van der Waals surface area contributed by atoms with E-state index in [-0.39, 0.29) is 19.4 Å². The highest BCUT2D eigenvalue weighted by molar-refractivity contribution is 5.93. The van der Waals surface area contributed by atoms with Crippen molar-refractivity contribution in [3.05, 3.63) is 95.2 Å². The SMILES string of the molecule is CCN(C)C(Cc1ccccc1)(C(N)=O)[C@H](Cc1ccc(F)c(F)c1)C(=O)NCc1ccc(N)nc1. The number of hydrogen-bond donors (Lipinski definition) is 3. The highest BCUT2D eigenvalue weighted by atomic mass is 19.2. The van der Waals surface area contributed by atoms with Gasteiger partial charge in [-0.05, 0) is 54.9 Å². The standard InChI is InChI=1S/C27H31F2N5O2/c1-3-34(2)27(26(31)36,15-18-7-5-4-6-8-18)21(13-19-9-11-22(28)23(29)14-19)25(35)33-17-20-10-12-24(30)32-16-20/h4-12,14,16,21H,3,13,15,17H2,1-2H3,(H2,30,32)(H2,31,36)(H,33,35)/t21-,27?/m1/s1. The highest BCUT2D eigenvalue weighted by Crippen LogP contribution is 2.32. The molecule has 0 saturated heterocycles. The van der Waals surface area contributed by atoms with Crippen molar-refractivity contribution < 1.29 is 18.4 Å². The van der Waals surface area contributed by atoms with Crippen molar-refractivity contribution >= 4 is 17.6 Å². The Kier molecular flexibility index (Phi) is 8.71. The summed E-state index contributed by atoms with van der Waals surface area (Å²) in [4.78, 5) is 32.8. The van der Waals surface area contributed by atoms with Crippen LogP contribution < -0.4 is 16.8 Å². The summed E-state index contributed by atoms with van der Waals surface area (Å²) >= 11 is 0. The zero-order chi connectivity index (χ0) is 26.3. The number of carbonyl (C=O) groups excluding carboxylic acids is 2. The third-order valence-corrected chi connectivity index (χ3v) is 6.53. The summed E-state index contributed by atoms with van der Waals surface area (Å²) in [6.45, 7) is 2.41. The lowest BCUT2D eigenvalue weighted by Gasteiger charge is -2.44. The number of anilines is 1. The molecule has 0 radical (unpaired) electrons. The number of nitrogen functional groups attached to an aromatic ring is 1. The quantitative estimate of drug-likeness (QED) is 0.379. The Morgan fingerprint density at radius 1 is 1.03 bits per heavy atom. The second-order valence-electron chi connectivity index (χ2n) is 8.78. The van der Waals surface area contributed by atoms with E-state index < -0.39 is 34.9 Å². The number of nitrogens with zero attached hydrogens (tertiary/aromatic N) is 2. The van der Waals surface area contributed by atoms with Gasteiger partial charge in [-0.1, -0.05) is 49.4 Å². The van der Waals surface area contributed by atoms with Gasteiger partial charge in [0.05, 0.1) is 5.92 Å². The second-order valence-corrected chi connectivity index (χ2v) is 8.78. The van der Waals surface area contributed by atoms with Gasteiger partial charge >= 0.3 is 0 Å².